The molecule has 108 valence electrons. The Bertz CT molecular complexity index is 642. The van der Waals surface area contributed by atoms with Gasteiger partial charge in [-0.15, -0.1) is 0 Å². The Morgan fingerprint density at radius 1 is 1.25 bits per heavy atom. The molecule has 0 radical (unpaired) electrons. The fourth-order valence-electron chi connectivity index (χ4n) is 2.14. The number of amides is 2. The van der Waals surface area contributed by atoms with Crippen molar-refractivity contribution in [2.75, 3.05) is 12.8 Å². The van der Waals surface area contributed by atoms with Crippen LogP contribution in [0.25, 0.3) is 0 Å². The molecule has 1 aliphatic heterocycles. The largest absolute Gasteiger partial charge is 0.324 e. The molecule has 0 aliphatic carbocycles. The number of benzene rings is 1. The van der Waals surface area contributed by atoms with E-state index in [1.165, 1.54) is 4.90 Å². The van der Waals surface area contributed by atoms with Crippen LogP contribution in [0.3, 0.4) is 0 Å². The molecule has 0 bridgehead atoms. The summed E-state index contributed by atoms with van der Waals surface area (Å²) in [5.41, 5.74) is -0.638. The van der Waals surface area contributed by atoms with E-state index in [4.69, 9.17) is 0 Å². The quantitative estimate of drug-likeness (QED) is 0.873. The summed E-state index contributed by atoms with van der Waals surface area (Å²) in [7, 11) is -3.63. The molecule has 6 nitrogen and oxygen atoms in total. The fourth-order valence-corrected chi connectivity index (χ4v) is 2.69. The van der Waals surface area contributed by atoms with Crippen molar-refractivity contribution in [2.45, 2.75) is 18.9 Å². The van der Waals surface area contributed by atoms with Gasteiger partial charge in [0, 0.05) is 12.1 Å². The lowest BCUT2D eigenvalue weighted by Gasteiger charge is -2.48. The van der Waals surface area contributed by atoms with Gasteiger partial charge < -0.3 is 4.90 Å². The van der Waals surface area contributed by atoms with E-state index >= 15 is 0 Å². The SMILES string of the molecule is CC1(C(=O)NS(C)(=O)=O)CCN1C(=O)c1ccccc1. The van der Waals surface area contributed by atoms with E-state index in [9.17, 15) is 18.0 Å². The lowest BCUT2D eigenvalue weighted by atomic mass is 9.85. The standard InChI is InChI=1S/C13H16N2O4S/c1-13(12(17)14-20(2,18)19)8-9-15(13)11(16)10-6-4-3-5-7-10/h3-7H,8-9H2,1-2H3,(H,14,17). The summed E-state index contributed by atoms with van der Waals surface area (Å²) < 4.78 is 24.2. The van der Waals surface area contributed by atoms with Crippen molar-refractivity contribution in [1.29, 1.82) is 0 Å². The molecule has 1 aliphatic rings. The maximum atomic E-state index is 12.3. The van der Waals surface area contributed by atoms with E-state index in [0.717, 1.165) is 6.26 Å². The van der Waals surface area contributed by atoms with Gasteiger partial charge in [-0.2, -0.15) is 0 Å². The number of nitrogens with zero attached hydrogens (tertiary/aromatic N) is 1. The highest BCUT2D eigenvalue weighted by atomic mass is 32.2. The van der Waals surface area contributed by atoms with Gasteiger partial charge in [-0.05, 0) is 25.5 Å². The highest BCUT2D eigenvalue weighted by molar-refractivity contribution is 7.89. The molecule has 0 aromatic heterocycles. The summed E-state index contributed by atoms with van der Waals surface area (Å²) in [4.78, 5) is 25.7. The lowest BCUT2D eigenvalue weighted by molar-refractivity contribution is -0.135. The van der Waals surface area contributed by atoms with Crippen molar-refractivity contribution in [1.82, 2.24) is 9.62 Å². The molecule has 1 saturated heterocycles. The van der Waals surface area contributed by atoms with Crippen molar-refractivity contribution in [3.8, 4) is 0 Å². The summed E-state index contributed by atoms with van der Waals surface area (Å²) in [6.07, 6.45) is 1.35. The Morgan fingerprint density at radius 3 is 2.30 bits per heavy atom. The van der Waals surface area contributed by atoms with Crippen LogP contribution in [-0.4, -0.2) is 43.5 Å². The molecule has 1 heterocycles. The fraction of sp³-hybridized carbons (Fsp3) is 0.385. The van der Waals surface area contributed by atoms with E-state index in [1.54, 1.807) is 37.3 Å². The minimum Gasteiger partial charge on any atom is -0.324 e. The average molecular weight is 296 g/mol. The maximum absolute atomic E-state index is 12.3. The number of carbonyl (C=O) groups excluding carboxylic acids is 2. The molecule has 1 N–H and O–H groups in total. The Kier molecular flexibility index (Phi) is 3.56. The number of hydrogen-bond acceptors (Lipinski definition) is 4. The van der Waals surface area contributed by atoms with Crippen LogP contribution in [-0.2, 0) is 14.8 Å². The molecule has 0 saturated carbocycles. The van der Waals surface area contributed by atoms with E-state index in [-0.39, 0.29) is 5.91 Å². The van der Waals surface area contributed by atoms with E-state index in [0.29, 0.717) is 18.5 Å². The normalized spacial score (nSPS) is 22.0. The summed E-state index contributed by atoms with van der Waals surface area (Å²) in [6.45, 7) is 2.00. The zero-order valence-electron chi connectivity index (χ0n) is 11.3. The molecule has 1 unspecified atom stereocenters. The molecule has 20 heavy (non-hydrogen) atoms. The highest BCUT2D eigenvalue weighted by Gasteiger charge is 2.50. The van der Waals surface area contributed by atoms with Gasteiger partial charge >= 0.3 is 0 Å². The van der Waals surface area contributed by atoms with Crippen LogP contribution in [0.1, 0.15) is 23.7 Å². The van der Waals surface area contributed by atoms with Crippen LogP contribution in [0.2, 0.25) is 0 Å². The molecule has 7 heteroatoms. The van der Waals surface area contributed by atoms with Gasteiger partial charge in [0.15, 0.2) is 0 Å². The Labute approximate surface area is 117 Å². The lowest BCUT2D eigenvalue weighted by Crippen LogP contribution is -2.67. The van der Waals surface area contributed by atoms with E-state index < -0.39 is 21.5 Å². The summed E-state index contributed by atoms with van der Waals surface area (Å²) in [5, 5.41) is 0. The first-order valence-corrected chi connectivity index (χ1v) is 8.02. The zero-order chi connectivity index (χ0) is 15.0. The summed E-state index contributed by atoms with van der Waals surface area (Å²) in [6, 6.07) is 8.59. The van der Waals surface area contributed by atoms with Gasteiger partial charge in [-0.1, -0.05) is 18.2 Å². The van der Waals surface area contributed by atoms with Gasteiger partial charge in [-0.25, -0.2) is 8.42 Å². The molecular weight excluding hydrogens is 280 g/mol. The predicted octanol–water partition coefficient (Wildman–Crippen LogP) is 0.367. The van der Waals surface area contributed by atoms with Crippen LogP contribution in [0.5, 0.6) is 0 Å². The molecule has 0 spiro atoms. The first kappa shape index (κ1) is 14.5. The minimum absolute atomic E-state index is 0.275. The summed E-state index contributed by atoms with van der Waals surface area (Å²) >= 11 is 0. The van der Waals surface area contributed by atoms with Gasteiger partial charge in [0.05, 0.1) is 6.26 Å². The second-order valence-corrected chi connectivity index (χ2v) is 6.80. The van der Waals surface area contributed by atoms with Crippen molar-refractivity contribution in [3.05, 3.63) is 35.9 Å². The molecule has 2 rings (SSSR count). The van der Waals surface area contributed by atoms with Crippen LogP contribution >= 0.6 is 0 Å². The second-order valence-electron chi connectivity index (χ2n) is 5.05. The first-order chi connectivity index (χ1) is 9.24. The molecule has 1 fully saturated rings. The Morgan fingerprint density at radius 2 is 1.85 bits per heavy atom. The third-order valence-corrected chi connectivity index (χ3v) is 4.01. The molecular formula is C13H16N2O4S. The first-order valence-electron chi connectivity index (χ1n) is 6.13. The molecule has 2 amide bonds. The van der Waals surface area contributed by atoms with E-state index in [1.807, 2.05) is 4.72 Å². The third-order valence-electron chi connectivity index (χ3n) is 3.45. The number of nitrogens with one attached hydrogen (secondary N) is 1. The van der Waals surface area contributed by atoms with Crippen LogP contribution < -0.4 is 4.72 Å². The predicted molar refractivity (Wildman–Crippen MR) is 73.5 cm³/mol. The van der Waals surface area contributed by atoms with Crippen LogP contribution in [0, 0.1) is 0 Å². The highest BCUT2D eigenvalue weighted by Crippen LogP contribution is 2.32. The molecule has 1 atom stereocenters. The average Bonchev–Trinajstić information content (AvgIpc) is 2.35. The monoisotopic (exact) mass is 296 g/mol. The number of hydrogen-bond donors (Lipinski definition) is 1. The van der Waals surface area contributed by atoms with Crippen molar-refractivity contribution in [2.24, 2.45) is 0 Å². The minimum atomic E-state index is -3.63. The molecule has 1 aromatic carbocycles. The van der Waals surface area contributed by atoms with Crippen LogP contribution in [0.4, 0.5) is 0 Å². The van der Waals surface area contributed by atoms with Crippen LogP contribution in [0.15, 0.2) is 30.3 Å². The van der Waals surface area contributed by atoms with Crippen molar-refractivity contribution in [3.63, 3.8) is 0 Å². The maximum Gasteiger partial charge on any atom is 0.259 e. The molecule has 1 aromatic rings. The Balaban J connectivity index is 2.19. The van der Waals surface area contributed by atoms with Gasteiger partial charge in [0.1, 0.15) is 5.54 Å². The van der Waals surface area contributed by atoms with Crippen molar-refractivity contribution >= 4 is 21.8 Å². The van der Waals surface area contributed by atoms with Crippen molar-refractivity contribution < 1.29 is 18.0 Å². The van der Waals surface area contributed by atoms with Gasteiger partial charge in [0.25, 0.3) is 11.8 Å². The number of sulfonamides is 1. The topological polar surface area (TPSA) is 83.6 Å². The number of rotatable bonds is 3. The van der Waals surface area contributed by atoms with Gasteiger partial charge in [0.2, 0.25) is 10.0 Å². The third kappa shape index (κ3) is 2.67. The van der Waals surface area contributed by atoms with Gasteiger partial charge in [-0.3, -0.25) is 14.3 Å². The Hall–Kier alpha value is -1.89. The zero-order valence-corrected chi connectivity index (χ0v) is 12.1. The number of likely N-dealkylation sites (tertiary alicyclic amines) is 1. The second kappa shape index (κ2) is 4.90. The summed E-state index contributed by atoms with van der Waals surface area (Å²) in [5.74, 6) is -0.946. The smallest absolute Gasteiger partial charge is 0.259 e. The number of carbonyl (C=O) groups is 2. The van der Waals surface area contributed by atoms with E-state index in [2.05, 4.69) is 0 Å².